The van der Waals surface area contributed by atoms with Crippen molar-refractivity contribution >= 4 is 5.97 Å². The summed E-state index contributed by atoms with van der Waals surface area (Å²) in [4.78, 5) is 11.5. The first-order valence-corrected chi connectivity index (χ1v) is 7.68. The molecule has 0 aromatic rings. The Hall–Kier alpha value is -0.610. The van der Waals surface area contributed by atoms with Crippen molar-refractivity contribution in [1.82, 2.24) is 5.32 Å². The fourth-order valence-corrected chi connectivity index (χ4v) is 2.55. The van der Waals surface area contributed by atoms with Gasteiger partial charge in [-0.25, -0.2) is 0 Å². The Labute approximate surface area is 117 Å². The molecule has 0 aromatic carbocycles. The van der Waals surface area contributed by atoms with Crippen LogP contribution in [0.25, 0.3) is 0 Å². The summed E-state index contributed by atoms with van der Waals surface area (Å²) in [7, 11) is 0. The van der Waals surface area contributed by atoms with E-state index >= 15 is 0 Å². The van der Waals surface area contributed by atoms with Crippen LogP contribution in [0.4, 0.5) is 0 Å². The normalized spacial score (nSPS) is 22.2. The second-order valence-corrected chi connectivity index (χ2v) is 5.38. The Bertz CT molecular complexity index is 264. The van der Waals surface area contributed by atoms with E-state index in [1.165, 1.54) is 0 Å². The third-order valence-corrected chi connectivity index (χ3v) is 4.08. The van der Waals surface area contributed by atoms with Crippen molar-refractivity contribution in [2.75, 3.05) is 19.8 Å². The van der Waals surface area contributed by atoms with Crippen LogP contribution >= 0.6 is 0 Å². The number of ether oxygens (including phenoxy) is 2. The summed E-state index contributed by atoms with van der Waals surface area (Å²) in [5.74, 6) is -0.140. The Morgan fingerprint density at radius 1 is 1.37 bits per heavy atom. The highest BCUT2D eigenvalue weighted by Crippen LogP contribution is 2.31. The summed E-state index contributed by atoms with van der Waals surface area (Å²) in [6.07, 6.45) is 6.02. The Kier molecular flexibility index (Phi) is 7.39. The van der Waals surface area contributed by atoms with Crippen LogP contribution in [0.1, 0.15) is 59.3 Å². The highest BCUT2D eigenvalue weighted by Gasteiger charge is 2.34. The van der Waals surface area contributed by atoms with Gasteiger partial charge in [-0.1, -0.05) is 27.2 Å². The van der Waals surface area contributed by atoms with Gasteiger partial charge in [0.05, 0.1) is 18.8 Å². The van der Waals surface area contributed by atoms with E-state index in [1.807, 2.05) is 0 Å². The SMILES string of the molecule is CCCCOC(=O)CNC1CCOC(CC)(CC)C1. The molecule has 1 N–H and O–H groups in total. The molecule has 0 radical (unpaired) electrons. The van der Waals surface area contributed by atoms with Crippen LogP contribution in [0.5, 0.6) is 0 Å². The molecule has 4 heteroatoms. The lowest BCUT2D eigenvalue weighted by molar-refractivity contribution is -0.143. The summed E-state index contributed by atoms with van der Waals surface area (Å²) >= 11 is 0. The minimum Gasteiger partial charge on any atom is -0.465 e. The average Bonchev–Trinajstić information content (AvgIpc) is 2.45. The molecule has 1 saturated heterocycles. The van der Waals surface area contributed by atoms with E-state index in [-0.39, 0.29) is 11.6 Å². The van der Waals surface area contributed by atoms with Gasteiger partial charge in [0.2, 0.25) is 0 Å². The van der Waals surface area contributed by atoms with Gasteiger partial charge in [-0.05, 0) is 32.1 Å². The van der Waals surface area contributed by atoms with Gasteiger partial charge in [0, 0.05) is 12.6 Å². The number of unbranched alkanes of at least 4 members (excludes halogenated alkanes) is 1. The zero-order valence-corrected chi connectivity index (χ0v) is 12.7. The molecule has 1 heterocycles. The summed E-state index contributed by atoms with van der Waals surface area (Å²) in [5, 5.41) is 3.32. The van der Waals surface area contributed by atoms with Crippen LogP contribution in [0.15, 0.2) is 0 Å². The maximum absolute atomic E-state index is 11.5. The Balaban J connectivity index is 2.27. The third kappa shape index (κ3) is 5.49. The summed E-state index contributed by atoms with van der Waals surface area (Å²) < 4.78 is 11.1. The molecule has 1 aliphatic heterocycles. The molecule has 0 amide bonds. The lowest BCUT2D eigenvalue weighted by atomic mass is 9.86. The molecule has 0 spiro atoms. The topological polar surface area (TPSA) is 47.6 Å². The number of rotatable bonds is 8. The molecular weight excluding hydrogens is 242 g/mol. The van der Waals surface area contributed by atoms with E-state index in [9.17, 15) is 4.79 Å². The maximum Gasteiger partial charge on any atom is 0.319 e. The lowest BCUT2D eigenvalue weighted by Crippen LogP contribution is -2.47. The van der Waals surface area contributed by atoms with E-state index in [4.69, 9.17) is 9.47 Å². The smallest absolute Gasteiger partial charge is 0.319 e. The van der Waals surface area contributed by atoms with Crippen molar-refractivity contribution in [3.63, 3.8) is 0 Å². The van der Waals surface area contributed by atoms with Crippen molar-refractivity contribution in [2.24, 2.45) is 0 Å². The third-order valence-electron chi connectivity index (χ3n) is 4.08. The van der Waals surface area contributed by atoms with E-state index < -0.39 is 0 Å². The number of esters is 1. The number of carbonyl (C=O) groups excluding carboxylic acids is 1. The zero-order chi connectivity index (χ0) is 14.1. The minimum atomic E-state index is -0.140. The van der Waals surface area contributed by atoms with Crippen molar-refractivity contribution in [1.29, 1.82) is 0 Å². The summed E-state index contributed by atoms with van der Waals surface area (Å²) in [6.45, 7) is 8.07. The second-order valence-electron chi connectivity index (χ2n) is 5.38. The first-order valence-electron chi connectivity index (χ1n) is 7.68. The molecule has 19 heavy (non-hydrogen) atoms. The van der Waals surface area contributed by atoms with Crippen LogP contribution in [0.3, 0.4) is 0 Å². The number of hydrogen-bond donors (Lipinski definition) is 1. The van der Waals surface area contributed by atoms with Gasteiger partial charge in [0.1, 0.15) is 0 Å². The predicted molar refractivity (Wildman–Crippen MR) is 76.2 cm³/mol. The number of nitrogens with one attached hydrogen (secondary N) is 1. The van der Waals surface area contributed by atoms with E-state index in [0.717, 1.165) is 45.1 Å². The summed E-state index contributed by atoms with van der Waals surface area (Å²) in [5.41, 5.74) is 0.00202. The summed E-state index contributed by atoms with van der Waals surface area (Å²) in [6, 6.07) is 0.368. The van der Waals surface area contributed by atoms with Crippen molar-refractivity contribution in [3.8, 4) is 0 Å². The van der Waals surface area contributed by atoms with E-state index in [1.54, 1.807) is 0 Å². The van der Waals surface area contributed by atoms with Crippen molar-refractivity contribution in [3.05, 3.63) is 0 Å². The van der Waals surface area contributed by atoms with Gasteiger partial charge >= 0.3 is 5.97 Å². The van der Waals surface area contributed by atoms with Gasteiger partial charge in [0.25, 0.3) is 0 Å². The van der Waals surface area contributed by atoms with Crippen LogP contribution in [0, 0.1) is 0 Å². The molecule has 1 aliphatic rings. The molecule has 0 saturated carbocycles. The van der Waals surface area contributed by atoms with Gasteiger partial charge in [-0.2, -0.15) is 0 Å². The molecule has 4 nitrogen and oxygen atoms in total. The molecule has 1 fully saturated rings. The quantitative estimate of drug-likeness (QED) is 0.544. The molecule has 0 aliphatic carbocycles. The van der Waals surface area contributed by atoms with Crippen LogP contribution in [-0.2, 0) is 14.3 Å². The number of carbonyl (C=O) groups is 1. The first kappa shape index (κ1) is 16.4. The predicted octanol–water partition coefficient (Wildman–Crippen LogP) is 2.66. The fourth-order valence-electron chi connectivity index (χ4n) is 2.55. The van der Waals surface area contributed by atoms with Gasteiger partial charge < -0.3 is 14.8 Å². The van der Waals surface area contributed by atoms with Gasteiger partial charge in [-0.15, -0.1) is 0 Å². The fraction of sp³-hybridized carbons (Fsp3) is 0.933. The molecule has 1 unspecified atom stereocenters. The van der Waals surface area contributed by atoms with E-state index in [2.05, 4.69) is 26.1 Å². The Morgan fingerprint density at radius 2 is 2.11 bits per heavy atom. The first-order chi connectivity index (χ1) is 9.15. The number of hydrogen-bond acceptors (Lipinski definition) is 4. The molecule has 1 atom stereocenters. The maximum atomic E-state index is 11.5. The highest BCUT2D eigenvalue weighted by molar-refractivity contribution is 5.71. The molecular formula is C15H29NO3. The van der Waals surface area contributed by atoms with Crippen LogP contribution < -0.4 is 5.32 Å². The standard InChI is InChI=1S/C15H29NO3/c1-4-7-9-18-14(17)12-16-13-8-10-19-15(5-2,6-3)11-13/h13,16H,4-12H2,1-3H3. The largest absolute Gasteiger partial charge is 0.465 e. The van der Waals surface area contributed by atoms with Gasteiger partial charge in [-0.3, -0.25) is 4.79 Å². The molecule has 0 aromatic heterocycles. The van der Waals surface area contributed by atoms with Crippen molar-refractivity contribution in [2.45, 2.75) is 70.9 Å². The Morgan fingerprint density at radius 3 is 2.74 bits per heavy atom. The lowest BCUT2D eigenvalue weighted by Gasteiger charge is -2.40. The molecule has 112 valence electrons. The molecule has 0 bridgehead atoms. The average molecular weight is 271 g/mol. The highest BCUT2D eigenvalue weighted by atomic mass is 16.5. The van der Waals surface area contributed by atoms with E-state index in [0.29, 0.717) is 19.2 Å². The second kappa shape index (κ2) is 8.54. The zero-order valence-electron chi connectivity index (χ0n) is 12.7. The van der Waals surface area contributed by atoms with Gasteiger partial charge in [0.15, 0.2) is 0 Å². The monoisotopic (exact) mass is 271 g/mol. The molecule has 1 rings (SSSR count). The van der Waals surface area contributed by atoms with Crippen LogP contribution in [-0.4, -0.2) is 37.4 Å². The van der Waals surface area contributed by atoms with Crippen LogP contribution in [0.2, 0.25) is 0 Å². The minimum absolute atomic E-state index is 0.00202. The van der Waals surface area contributed by atoms with Crippen molar-refractivity contribution < 1.29 is 14.3 Å².